The molecule has 0 unspecified atom stereocenters. The zero-order valence-corrected chi connectivity index (χ0v) is 16.1. The van der Waals surface area contributed by atoms with Gasteiger partial charge in [-0.25, -0.2) is 9.59 Å². The van der Waals surface area contributed by atoms with Crippen LogP contribution in [0.4, 0.5) is 4.79 Å². The van der Waals surface area contributed by atoms with Crippen LogP contribution >= 0.6 is 11.6 Å². The fourth-order valence-electron chi connectivity index (χ4n) is 2.59. The Kier molecular flexibility index (Phi) is 7.83. The van der Waals surface area contributed by atoms with Crippen LogP contribution in [0, 0.1) is 0 Å². The van der Waals surface area contributed by atoms with Gasteiger partial charge >= 0.3 is 12.0 Å². The summed E-state index contributed by atoms with van der Waals surface area (Å²) >= 11 is 5.94. The first kappa shape index (κ1) is 21.2. The molecule has 0 spiro atoms. The predicted octanol–water partition coefficient (Wildman–Crippen LogP) is 2.34. The highest BCUT2D eigenvalue weighted by molar-refractivity contribution is 6.30. The zero-order valence-electron chi connectivity index (χ0n) is 15.4. The van der Waals surface area contributed by atoms with E-state index in [9.17, 15) is 14.4 Å². The van der Waals surface area contributed by atoms with Crippen molar-refractivity contribution in [3.63, 3.8) is 0 Å². The lowest BCUT2D eigenvalue weighted by Gasteiger charge is -2.18. The standard InChI is InChI=1S/C20H22ClN3O4/c1-13(15-8-5-9-16(21)11-15)23-18(25)12-28-19(26)17(24-20(22)27)10-14-6-3-2-4-7-14/h2-9,11,13,17H,10,12H2,1H3,(H,23,25)(H3,22,24,27)/t13-,17-/m0/s1. The molecule has 0 heterocycles. The number of rotatable bonds is 8. The van der Waals surface area contributed by atoms with Crippen molar-refractivity contribution in [3.8, 4) is 0 Å². The molecule has 28 heavy (non-hydrogen) atoms. The lowest BCUT2D eigenvalue weighted by atomic mass is 10.1. The fourth-order valence-corrected chi connectivity index (χ4v) is 2.79. The number of hydrogen-bond donors (Lipinski definition) is 3. The van der Waals surface area contributed by atoms with Gasteiger partial charge in [-0.2, -0.15) is 0 Å². The number of hydrogen-bond acceptors (Lipinski definition) is 4. The molecular formula is C20H22ClN3O4. The molecule has 2 aromatic rings. The van der Waals surface area contributed by atoms with E-state index in [-0.39, 0.29) is 12.5 Å². The molecule has 0 fully saturated rings. The van der Waals surface area contributed by atoms with Crippen molar-refractivity contribution < 1.29 is 19.1 Å². The first-order chi connectivity index (χ1) is 13.3. The molecule has 0 aromatic heterocycles. The Bertz CT molecular complexity index is 829. The van der Waals surface area contributed by atoms with E-state index < -0.39 is 30.6 Å². The highest BCUT2D eigenvalue weighted by Gasteiger charge is 2.23. The molecule has 3 amide bonds. The van der Waals surface area contributed by atoms with Crippen molar-refractivity contribution in [2.45, 2.75) is 25.4 Å². The number of carbonyl (C=O) groups excluding carboxylic acids is 3. The third-order valence-electron chi connectivity index (χ3n) is 3.96. The second kappa shape index (κ2) is 10.3. The van der Waals surface area contributed by atoms with Gasteiger partial charge in [0.2, 0.25) is 0 Å². The van der Waals surface area contributed by atoms with Gasteiger partial charge in [-0.1, -0.05) is 54.1 Å². The summed E-state index contributed by atoms with van der Waals surface area (Å²) in [7, 11) is 0. The maximum Gasteiger partial charge on any atom is 0.329 e. The zero-order chi connectivity index (χ0) is 20.5. The van der Waals surface area contributed by atoms with Crippen molar-refractivity contribution in [3.05, 3.63) is 70.7 Å². The highest BCUT2D eigenvalue weighted by atomic mass is 35.5. The van der Waals surface area contributed by atoms with Crippen LogP contribution in [-0.4, -0.2) is 30.6 Å². The Morgan fingerprint density at radius 2 is 1.79 bits per heavy atom. The largest absolute Gasteiger partial charge is 0.454 e. The summed E-state index contributed by atoms with van der Waals surface area (Å²) in [5.41, 5.74) is 6.78. The maximum absolute atomic E-state index is 12.3. The molecular weight excluding hydrogens is 382 g/mol. The number of nitrogens with two attached hydrogens (primary N) is 1. The molecule has 2 atom stereocenters. The van der Waals surface area contributed by atoms with E-state index in [2.05, 4.69) is 10.6 Å². The van der Waals surface area contributed by atoms with E-state index in [0.717, 1.165) is 11.1 Å². The quantitative estimate of drug-likeness (QED) is 0.587. The number of primary amides is 1. The first-order valence-electron chi connectivity index (χ1n) is 8.66. The molecule has 4 N–H and O–H groups in total. The molecule has 2 aromatic carbocycles. The number of amides is 3. The molecule has 0 bridgehead atoms. The van der Waals surface area contributed by atoms with Crippen LogP contribution in [0.1, 0.15) is 24.1 Å². The van der Waals surface area contributed by atoms with Crippen molar-refractivity contribution in [2.24, 2.45) is 5.73 Å². The van der Waals surface area contributed by atoms with Gasteiger partial charge in [0.1, 0.15) is 6.04 Å². The number of esters is 1. The number of nitrogens with one attached hydrogen (secondary N) is 2. The number of urea groups is 1. The smallest absolute Gasteiger partial charge is 0.329 e. The SMILES string of the molecule is C[C@H](NC(=O)COC(=O)[C@H](Cc1ccccc1)NC(N)=O)c1cccc(Cl)c1. The minimum Gasteiger partial charge on any atom is -0.454 e. The second-order valence-corrected chi connectivity index (χ2v) is 6.64. The summed E-state index contributed by atoms with van der Waals surface area (Å²) in [6, 6.07) is 14.0. The Hall–Kier alpha value is -3.06. The summed E-state index contributed by atoms with van der Waals surface area (Å²) in [5, 5.41) is 5.63. The third-order valence-corrected chi connectivity index (χ3v) is 4.19. The average Bonchev–Trinajstić information content (AvgIpc) is 2.66. The molecule has 0 aliphatic carbocycles. The van der Waals surface area contributed by atoms with E-state index in [1.54, 1.807) is 25.1 Å². The van der Waals surface area contributed by atoms with E-state index >= 15 is 0 Å². The predicted molar refractivity (Wildman–Crippen MR) is 106 cm³/mol. The van der Waals surface area contributed by atoms with Crippen LogP contribution in [0.25, 0.3) is 0 Å². The number of carbonyl (C=O) groups is 3. The van der Waals surface area contributed by atoms with Crippen LogP contribution in [0.3, 0.4) is 0 Å². The fraction of sp³-hybridized carbons (Fsp3) is 0.250. The van der Waals surface area contributed by atoms with Gasteiger partial charge in [-0.15, -0.1) is 0 Å². The normalized spacial score (nSPS) is 12.5. The summed E-state index contributed by atoms with van der Waals surface area (Å²) in [4.78, 5) is 35.6. The van der Waals surface area contributed by atoms with Gasteiger partial charge in [0.25, 0.3) is 5.91 Å². The summed E-state index contributed by atoms with van der Waals surface area (Å²) in [6.45, 7) is 1.31. The number of benzene rings is 2. The molecule has 0 aliphatic heterocycles. The Labute approximate surface area is 168 Å². The summed E-state index contributed by atoms with van der Waals surface area (Å²) in [5.74, 6) is -1.22. The molecule has 2 rings (SSSR count). The number of ether oxygens (including phenoxy) is 1. The van der Waals surface area contributed by atoms with E-state index in [4.69, 9.17) is 22.1 Å². The minimum atomic E-state index is -0.988. The minimum absolute atomic E-state index is 0.198. The molecule has 0 saturated carbocycles. The topological polar surface area (TPSA) is 111 Å². The van der Waals surface area contributed by atoms with Gasteiger partial charge in [0, 0.05) is 11.4 Å². The van der Waals surface area contributed by atoms with E-state index in [1.807, 2.05) is 36.4 Å². The average molecular weight is 404 g/mol. The van der Waals surface area contributed by atoms with Crippen LogP contribution in [0.2, 0.25) is 5.02 Å². The molecule has 0 aliphatic rings. The first-order valence-corrected chi connectivity index (χ1v) is 9.04. The van der Waals surface area contributed by atoms with Crippen molar-refractivity contribution in [2.75, 3.05) is 6.61 Å². The third kappa shape index (κ3) is 6.92. The molecule has 148 valence electrons. The van der Waals surface area contributed by atoms with Crippen LogP contribution in [0.15, 0.2) is 54.6 Å². The van der Waals surface area contributed by atoms with Crippen LogP contribution < -0.4 is 16.4 Å². The lowest BCUT2D eigenvalue weighted by Crippen LogP contribution is -2.46. The van der Waals surface area contributed by atoms with Gasteiger partial charge < -0.3 is 21.1 Å². The molecule has 8 heteroatoms. The van der Waals surface area contributed by atoms with Crippen molar-refractivity contribution in [1.29, 1.82) is 0 Å². The molecule has 7 nitrogen and oxygen atoms in total. The van der Waals surface area contributed by atoms with Crippen molar-refractivity contribution >= 4 is 29.5 Å². The van der Waals surface area contributed by atoms with Crippen LogP contribution in [0.5, 0.6) is 0 Å². The molecule has 0 saturated heterocycles. The summed E-state index contributed by atoms with van der Waals surface area (Å²) in [6.07, 6.45) is 0.198. The van der Waals surface area contributed by atoms with Crippen LogP contribution in [-0.2, 0) is 20.7 Å². The Balaban J connectivity index is 1.89. The number of halogens is 1. The van der Waals surface area contributed by atoms with E-state index in [1.165, 1.54) is 0 Å². The monoisotopic (exact) mass is 403 g/mol. The van der Waals surface area contributed by atoms with Gasteiger partial charge in [-0.05, 0) is 30.2 Å². The van der Waals surface area contributed by atoms with Crippen molar-refractivity contribution in [1.82, 2.24) is 10.6 Å². The maximum atomic E-state index is 12.3. The van der Waals surface area contributed by atoms with E-state index in [0.29, 0.717) is 5.02 Å². The lowest BCUT2D eigenvalue weighted by molar-refractivity contribution is -0.150. The Morgan fingerprint density at radius 1 is 1.07 bits per heavy atom. The second-order valence-electron chi connectivity index (χ2n) is 6.20. The van der Waals surface area contributed by atoms with Gasteiger partial charge in [0.05, 0.1) is 6.04 Å². The van der Waals surface area contributed by atoms with Gasteiger partial charge in [-0.3, -0.25) is 4.79 Å². The highest BCUT2D eigenvalue weighted by Crippen LogP contribution is 2.17. The summed E-state index contributed by atoms with van der Waals surface area (Å²) < 4.78 is 5.05. The Morgan fingerprint density at radius 3 is 2.43 bits per heavy atom. The molecule has 0 radical (unpaired) electrons. The van der Waals surface area contributed by atoms with Gasteiger partial charge in [0.15, 0.2) is 6.61 Å².